The Hall–Kier alpha value is -2.70. The Morgan fingerprint density at radius 2 is 1.75 bits per heavy atom. The molecule has 0 spiro atoms. The first-order valence-electron chi connectivity index (χ1n) is 5.79. The number of methoxy groups -OCH3 is 2. The highest BCUT2D eigenvalue weighted by Gasteiger charge is 2.11. The van der Waals surface area contributed by atoms with Crippen LogP contribution in [0.25, 0.3) is 0 Å². The van der Waals surface area contributed by atoms with Gasteiger partial charge in [0, 0.05) is 0 Å². The molecule has 2 rings (SSSR count). The second-order valence-electron chi connectivity index (χ2n) is 3.98. The maximum atomic E-state index is 11.3. The number of esters is 2. The third-order valence-corrected chi connectivity index (χ3v) is 2.65. The van der Waals surface area contributed by atoms with Gasteiger partial charge in [-0.15, -0.1) is 5.10 Å². The van der Waals surface area contributed by atoms with Gasteiger partial charge in [0.25, 0.3) is 0 Å². The van der Waals surface area contributed by atoms with Gasteiger partial charge in [0.15, 0.2) is 5.69 Å². The van der Waals surface area contributed by atoms with Gasteiger partial charge in [-0.3, -0.25) is 0 Å². The summed E-state index contributed by atoms with van der Waals surface area (Å²) in [5, 5.41) is 7.53. The minimum Gasteiger partial charge on any atom is -0.465 e. The van der Waals surface area contributed by atoms with Gasteiger partial charge in [0.1, 0.15) is 0 Å². The van der Waals surface area contributed by atoms with Crippen molar-refractivity contribution in [3.63, 3.8) is 0 Å². The first-order chi connectivity index (χ1) is 9.63. The molecule has 0 saturated heterocycles. The summed E-state index contributed by atoms with van der Waals surface area (Å²) in [6.07, 6.45) is 1.50. The van der Waals surface area contributed by atoms with Crippen LogP contribution in [0.4, 0.5) is 0 Å². The predicted octanol–water partition coefficient (Wildman–Crippen LogP) is 0.900. The Bertz CT molecular complexity index is 619. The Morgan fingerprint density at radius 3 is 2.35 bits per heavy atom. The molecule has 0 radical (unpaired) electrons. The largest absolute Gasteiger partial charge is 0.465 e. The molecule has 0 atom stereocenters. The molecule has 0 aliphatic heterocycles. The van der Waals surface area contributed by atoms with E-state index in [4.69, 9.17) is 0 Å². The van der Waals surface area contributed by atoms with Crippen LogP contribution in [-0.4, -0.2) is 41.2 Å². The van der Waals surface area contributed by atoms with E-state index in [-0.39, 0.29) is 11.7 Å². The lowest BCUT2D eigenvalue weighted by molar-refractivity contribution is 0.0588. The van der Waals surface area contributed by atoms with Crippen molar-refractivity contribution in [2.24, 2.45) is 0 Å². The van der Waals surface area contributed by atoms with Crippen LogP contribution < -0.4 is 0 Å². The number of benzene rings is 1. The summed E-state index contributed by atoms with van der Waals surface area (Å²) >= 11 is 0. The lowest BCUT2D eigenvalue weighted by Gasteiger charge is -2.02. The van der Waals surface area contributed by atoms with Gasteiger partial charge in [-0.1, -0.05) is 17.3 Å². The summed E-state index contributed by atoms with van der Waals surface area (Å²) in [5.41, 5.74) is 1.54. The second-order valence-corrected chi connectivity index (χ2v) is 3.98. The fourth-order valence-corrected chi connectivity index (χ4v) is 1.62. The Labute approximate surface area is 115 Å². The number of aromatic nitrogens is 3. The minimum absolute atomic E-state index is 0.152. The maximum absolute atomic E-state index is 11.3. The molecule has 0 saturated carbocycles. The highest BCUT2D eigenvalue weighted by Crippen LogP contribution is 2.07. The van der Waals surface area contributed by atoms with Crippen molar-refractivity contribution in [1.29, 1.82) is 0 Å². The number of hydrogen-bond acceptors (Lipinski definition) is 6. The van der Waals surface area contributed by atoms with E-state index in [0.717, 1.165) is 5.56 Å². The first kappa shape index (κ1) is 13.7. The molecule has 1 heterocycles. The van der Waals surface area contributed by atoms with Gasteiger partial charge in [-0.05, 0) is 17.7 Å². The van der Waals surface area contributed by atoms with E-state index in [0.29, 0.717) is 12.1 Å². The molecule has 2 aromatic rings. The van der Waals surface area contributed by atoms with E-state index in [1.165, 1.54) is 25.1 Å². The summed E-state index contributed by atoms with van der Waals surface area (Å²) < 4.78 is 10.7. The number of carbonyl (C=O) groups is 2. The summed E-state index contributed by atoms with van der Waals surface area (Å²) in [4.78, 5) is 22.5. The molecule has 104 valence electrons. The molecule has 7 heteroatoms. The first-order valence-corrected chi connectivity index (χ1v) is 5.79. The van der Waals surface area contributed by atoms with Crippen molar-refractivity contribution in [2.75, 3.05) is 14.2 Å². The Kier molecular flexibility index (Phi) is 4.09. The topological polar surface area (TPSA) is 83.3 Å². The zero-order chi connectivity index (χ0) is 14.5. The highest BCUT2D eigenvalue weighted by molar-refractivity contribution is 5.89. The van der Waals surface area contributed by atoms with Crippen LogP contribution in [0.1, 0.15) is 26.4 Å². The van der Waals surface area contributed by atoms with Crippen molar-refractivity contribution in [3.05, 3.63) is 47.3 Å². The molecule has 1 aromatic carbocycles. The quantitative estimate of drug-likeness (QED) is 0.771. The molecule has 7 nitrogen and oxygen atoms in total. The lowest BCUT2D eigenvalue weighted by atomic mass is 10.1. The van der Waals surface area contributed by atoms with E-state index in [9.17, 15) is 9.59 Å². The normalized spacial score (nSPS) is 10.1. The lowest BCUT2D eigenvalue weighted by Crippen LogP contribution is -2.03. The molecule has 0 amide bonds. The van der Waals surface area contributed by atoms with Crippen LogP contribution in [0, 0.1) is 0 Å². The van der Waals surface area contributed by atoms with Gasteiger partial charge in [0.2, 0.25) is 0 Å². The SMILES string of the molecule is COC(=O)c1ccc(Cn2cc(C(=O)OC)nn2)cc1. The smallest absolute Gasteiger partial charge is 0.360 e. The van der Waals surface area contributed by atoms with Gasteiger partial charge in [-0.2, -0.15) is 0 Å². The van der Waals surface area contributed by atoms with Crippen LogP contribution in [0.15, 0.2) is 30.5 Å². The highest BCUT2D eigenvalue weighted by atomic mass is 16.5. The molecular weight excluding hydrogens is 262 g/mol. The van der Waals surface area contributed by atoms with Gasteiger partial charge >= 0.3 is 11.9 Å². The van der Waals surface area contributed by atoms with Crippen molar-refractivity contribution >= 4 is 11.9 Å². The number of hydrogen-bond donors (Lipinski definition) is 0. The molecule has 0 bridgehead atoms. The fourth-order valence-electron chi connectivity index (χ4n) is 1.62. The number of rotatable bonds is 4. The van der Waals surface area contributed by atoms with E-state index >= 15 is 0 Å². The Morgan fingerprint density at radius 1 is 1.10 bits per heavy atom. The molecular formula is C13H13N3O4. The van der Waals surface area contributed by atoms with Crippen molar-refractivity contribution in [3.8, 4) is 0 Å². The number of carbonyl (C=O) groups excluding carboxylic acids is 2. The van der Waals surface area contributed by atoms with Crippen molar-refractivity contribution in [2.45, 2.75) is 6.54 Å². The van der Waals surface area contributed by atoms with Crippen LogP contribution in [0.3, 0.4) is 0 Å². The van der Waals surface area contributed by atoms with Crippen LogP contribution in [-0.2, 0) is 16.0 Å². The monoisotopic (exact) mass is 275 g/mol. The maximum Gasteiger partial charge on any atom is 0.360 e. The molecule has 20 heavy (non-hydrogen) atoms. The van der Waals surface area contributed by atoms with Gasteiger partial charge < -0.3 is 9.47 Å². The molecule has 0 aliphatic rings. The number of ether oxygens (including phenoxy) is 2. The molecule has 0 aliphatic carbocycles. The second kappa shape index (κ2) is 5.96. The zero-order valence-electron chi connectivity index (χ0n) is 11.1. The van der Waals surface area contributed by atoms with Crippen LogP contribution in [0.5, 0.6) is 0 Å². The number of nitrogens with zero attached hydrogens (tertiary/aromatic N) is 3. The molecule has 0 fully saturated rings. The molecule has 0 unspecified atom stereocenters. The van der Waals surface area contributed by atoms with E-state index < -0.39 is 5.97 Å². The third kappa shape index (κ3) is 3.00. The summed E-state index contributed by atoms with van der Waals surface area (Å²) in [6, 6.07) is 6.90. The van der Waals surface area contributed by atoms with Crippen LogP contribution in [0.2, 0.25) is 0 Å². The van der Waals surface area contributed by atoms with Crippen LogP contribution >= 0.6 is 0 Å². The molecule has 1 aromatic heterocycles. The van der Waals surface area contributed by atoms with E-state index in [1.54, 1.807) is 24.3 Å². The Balaban J connectivity index is 2.08. The predicted molar refractivity (Wildman–Crippen MR) is 68.2 cm³/mol. The van der Waals surface area contributed by atoms with Gasteiger partial charge in [0.05, 0.1) is 32.5 Å². The third-order valence-electron chi connectivity index (χ3n) is 2.65. The minimum atomic E-state index is -0.530. The fraction of sp³-hybridized carbons (Fsp3) is 0.231. The summed E-state index contributed by atoms with van der Waals surface area (Å²) in [5.74, 6) is -0.914. The summed E-state index contributed by atoms with van der Waals surface area (Å²) in [6.45, 7) is 0.436. The standard InChI is InChI=1S/C13H13N3O4/c1-19-12(17)10-5-3-9(4-6-10)7-16-8-11(14-15-16)13(18)20-2/h3-6,8H,7H2,1-2H3. The van der Waals surface area contributed by atoms with Crippen molar-refractivity contribution in [1.82, 2.24) is 15.0 Å². The zero-order valence-corrected chi connectivity index (χ0v) is 11.1. The van der Waals surface area contributed by atoms with Crippen molar-refractivity contribution < 1.29 is 19.1 Å². The average Bonchev–Trinajstić information content (AvgIpc) is 2.95. The summed E-state index contributed by atoms with van der Waals surface area (Å²) in [7, 11) is 2.62. The van der Waals surface area contributed by atoms with E-state index in [1.807, 2.05) is 0 Å². The van der Waals surface area contributed by atoms with E-state index in [2.05, 4.69) is 19.8 Å². The average molecular weight is 275 g/mol. The van der Waals surface area contributed by atoms with Gasteiger partial charge in [-0.25, -0.2) is 14.3 Å². The molecule has 0 N–H and O–H groups in total.